The second kappa shape index (κ2) is 9.32. The van der Waals surface area contributed by atoms with Gasteiger partial charge in [0, 0.05) is 64.1 Å². The van der Waals surface area contributed by atoms with Gasteiger partial charge in [-0.2, -0.15) is 0 Å². The van der Waals surface area contributed by atoms with Gasteiger partial charge in [0.15, 0.2) is 11.6 Å². The van der Waals surface area contributed by atoms with Crippen LogP contribution in [0.2, 0.25) is 0 Å². The molecule has 30 heavy (non-hydrogen) atoms. The van der Waals surface area contributed by atoms with Crippen LogP contribution in [-0.2, 0) is 22.4 Å². The molecule has 0 atom stereocenters. The Bertz CT molecular complexity index is 988. The van der Waals surface area contributed by atoms with E-state index in [1.807, 2.05) is 0 Å². The lowest BCUT2D eigenvalue weighted by Crippen LogP contribution is -2.44. The fourth-order valence-electron chi connectivity index (χ4n) is 3.68. The summed E-state index contributed by atoms with van der Waals surface area (Å²) in [6.45, 7) is 3.45. The molecule has 1 fully saturated rings. The van der Waals surface area contributed by atoms with E-state index >= 15 is 0 Å². The number of hydrogen-bond acceptors (Lipinski definition) is 7. The molecule has 1 saturated heterocycles. The van der Waals surface area contributed by atoms with Crippen molar-refractivity contribution >= 4 is 41.7 Å². The van der Waals surface area contributed by atoms with E-state index < -0.39 is 5.82 Å². The molecule has 1 aliphatic heterocycles. The first-order valence-corrected chi connectivity index (χ1v) is 9.60. The zero-order valence-corrected chi connectivity index (χ0v) is 17.4. The number of nitrogens with zero attached hydrogens (tertiary/aromatic N) is 3. The summed E-state index contributed by atoms with van der Waals surface area (Å²) in [5.41, 5.74) is 2.56. The van der Waals surface area contributed by atoms with Crippen LogP contribution < -0.4 is 15.5 Å². The van der Waals surface area contributed by atoms with E-state index in [2.05, 4.69) is 25.5 Å². The third-order valence-electron chi connectivity index (χ3n) is 5.21. The molecule has 1 aliphatic carbocycles. The number of aromatic nitrogens is 2. The van der Waals surface area contributed by atoms with Crippen molar-refractivity contribution in [2.45, 2.75) is 12.8 Å². The van der Waals surface area contributed by atoms with Crippen molar-refractivity contribution in [3.63, 3.8) is 0 Å². The quantitative estimate of drug-likeness (QED) is 0.698. The summed E-state index contributed by atoms with van der Waals surface area (Å²) in [6, 6.07) is 2.70. The lowest BCUT2D eigenvalue weighted by Gasteiger charge is -2.27. The molecule has 0 spiro atoms. The van der Waals surface area contributed by atoms with Gasteiger partial charge in [0.05, 0.1) is 5.57 Å². The maximum absolute atomic E-state index is 13.8. The number of carbonyl (C=O) groups is 2. The number of anilines is 2. The molecule has 158 valence electrons. The standard InChI is InChI=1S/C21H22FN5O2.ClH/c1-23-18-9-15(22)7-14-8-17(20(29)10-16(14)18)19(28)6-13-11-25-21(26-12-13)27-4-2-24-3-5-27;/h7-9,11-12,23-24H,2-6,10H2,1H3;1H. The Morgan fingerprint density at radius 3 is 2.60 bits per heavy atom. The second-order valence-corrected chi connectivity index (χ2v) is 7.16. The molecule has 1 aromatic carbocycles. The number of ketones is 2. The number of benzene rings is 1. The lowest BCUT2D eigenvalue weighted by atomic mass is 9.87. The Labute approximate surface area is 180 Å². The van der Waals surface area contributed by atoms with E-state index in [-0.39, 0.29) is 42.4 Å². The summed E-state index contributed by atoms with van der Waals surface area (Å²) in [6.07, 6.45) is 4.85. The largest absolute Gasteiger partial charge is 0.388 e. The molecule has 2 aromatic rings. The summed E-state index contributed by atoms with van der Waals surface area (Å²) in [7, 11) is 1.67. The van der Waals surface area contributed by atoms with Crippen molar-refractivity contribution in [2.75, 3.05) is 43.4 Å². The molecule has 7 nitrogen and oxygen atoms in total. The molecule has 0 radical (unpaired) electrons. The minimum Gasteiger partial charge on any atom is -0.388 e. The topological polar surface area (TPSA) is 87.2 Å². The molecule has 0 saturated carbocycles. The third kappa shape index (κ3) is 4.49. The van der Waals surface area contributed by atoms with Gasteiger partial charge in [-0.3, -0.25) is 9.59 Å². The van der Waals surface area contributed by atoms with Crippen LogP contribution in [0.25, 0.3) is 6.08 Å². The average Bonchev–Trinajstić information content (AvgIpc) is 2.74. The number of allylic oxidation sites excluding steroid dienone is 1. The molecular weight excluding hydrogens is 409 g/mol. The second-order valence-electron chi connectivity index (χ2n) is 7.16. The smallest absolute Gasteiger partial charge is 0.225 e. The van der Waals surface area contributed by atoms with Crippen LogP contribution in [0.4, 0.5) is 16.0 Å². The Hall–Kier alpha value is -2.84. The third-order valence-corrected chi connectivity index (χ3v) is 5.21. The molecule has 2 N–H and O–H groups in total. The normalized spacial score (nSPS) is 15.7. The predicted molar refractivity (Wildman–Crippen MR) is 116 cm³/mol. The molecule has 0 unspecified atom stereocenters. The summed E-state index contributed by atoms with van der Waals surface area (Å²) in [5.74, 6) is -0.347. The van der Waals surface area contributed by atoms with E-state index in [0.29, 0.717) is 28.3 Å². The van der Waals surface area contributed by atoms with Crippen LogP contribution in [0.1, 0.15) is 16.7 Å². The van der Waals surface area contributed by atoms with Crippen molar-refractivity contribution in [3.8, 4) is 0 Å². The Morgan fingerprint density at radius 1 is 1.23 bits per heavy atom. The van der Waals surface area contributed by atoms with Gasteiger partial charge in [0.2, 0.25) is 5.95 Å². The van der Waals surface area contributed by atoms with Crippen molar-refractivity contribution in [1.82, 2.24) is 15.3 Å². The van der Waals surface area contributed by atoms with E-state index in [0.717, 1.165) is 26.2 Å². The minimum atomic E-state index is -0.414. The fraction of sp³-hybridized carbons (Fsp3) is 0.333. The number of halogens is 2. The van der Waals surface area contributed by atoms with E-state index in [1.54, 1.807) is 19.4 Å². The lowest BCUT2D eigenvalue weighted by molar-refractivity contribution is -0.120. The number of rotatable bonds is 5. The number of piperazine rings is 1. The van der Waals surface area contributed by atoms with Gasteiger partial charge in [0.1, 0.15) is 5.82 Å². The zero-order valence-electron chi connectivity index (χ0n) is 16.6. The first kappa shape index (κ1) is 21.9. The van der Waals surface area contributed by atoms with E-state index in [1.165, 1.54) is 18.2 Å². The first-order chi connectivity index (χ1) is 14.0. The van der Waals surface area contributed by atoms with Crippen molar-refractivity contribution in [3.05, 3.63) is 52.6 Å². The first-order valence-electron chi connectivity index (χ1n) is 9.60. The predicted octanol–water partition coefficient (Wildman–Crippen LogP) is 1.81. The Balaban J connectivity index is 0.00000256. The number of fused-ring (bicyclic) bond motifs is 1. The highest BCUT2D eigenvalue weighted by atomic mass is 35.5. The SMILES string of the molecule is CNc1cc(F)cc2c1CC(=O)C(C(=O)Cc1cnc(N3CCNCC3)nc1)=C2.Cl. The van der Waals surface area contributed by atoms with Crippen LogP contribution >= 0.6 is 12.4 Å². The monoisotopic (exact) mass is 431 g/mol. The van der Waals surface area contributed by atoms with Gasteiger partial charge in [-0.05, 0) is 34.9 Å². The van der Waals surface area contributed by atoms with Crippen LogP contribution in [0.15, 0.2) is 30.1 Å². The highest BCUT2D eigenvalue weighted by molar-refractivity contribution is 6.25. The van der Waals surface area contributed by atoms with Gasteiger partial charge in [-0.1, -0.05) is 0 Å². The van der Waals surface area contributed by atoms with Crippen LogP contribution in [0.3, 0.4) is 0 Å². The maximum Gasteiger partial charge on any atom is 0.225 e. The van der Waals surface area contributed by atoms with Crippen molar-refractivity contribution in [2.24, 2.45) is 0 Å². The number of nitrogens with one attached hydrogen (secondary N) is 2. The van der Waals surface area contributed by atoms with E-state index in [4.69, 9.17) is 0 Å². The molecule has 2 heterocycles. The molecule has 1 aromatic heterocycles. The Kier molecular flexibility index (Phi) is 6.79. The van der Waals surface area contributed by atoms with E-state index in [9.17, 15) is 14.0 Å². The molecule has 2 aliphatic rings. The summed E-state index contributed by atoms with van der Waals surface area (Å²) < 4.78 is 13.8. The molecular formula is C21H23ClFN5O2. The van der Waals surface area contributed by atoms with Crippen LogP contribution in [0.5, 0.6) is 0 Å². The highest BCUT2D eigenvalue weighted by Crippen LogP contribution is 2.30. The Morgan fingerprint density at radius 2 is 1.93 bits per heavy atom. The van der Waals surface area contributed by atoms with Gasteiger partial charge < -0.3 is 15.5 Å². The zero-order chi connectivity index (χ0) is 20.4. The highest BCUT2D eigenvalue weighted by Gasteiger charge is 2.26. The fourth-order valence-corrected chi connectivity index (χ4v) is 3.68. The van der Waals surface area contributed by atoms with Gasteiger partial charge in [-0.15, -0.1) is 12.4 Å². The van der Waals surface area contributed by atoms with Crippen LogP contribution in [-0.4, -0.2) is 54.8 Å². The molecule has 4 rings (SSSR count). The average molecular weight is 432 g/mol. The van der Waals surface area contributed by atoms with Gasteiger partial charge >= 0.3 is 0 Å². The summed E-state index contributed by atoms with van der Waals surface area (Å²) >= 11 is 0. The van der Waals surface area contributed by atoms with Gasteiger partial charge in [0.25, 0.3) is 0 Å². The molecule has 0 amide bonds. The maximum atomic E-state index is 13.8. The van der Waals surface area contributed by atoms with Crippen LogP contribution in [0, 0.1) is 5.82 Å². The number of carbonyl (C=O) groups excluding carboxylic acids is 2. The van der Waals surface area contributed by atoms with Crippen molar-refractivity contribution in [1.29, 1.82) is 0 Å². The summed E-state index contributed by atoms with van der Waals surface area (Å²) in [5, 5.41) is 6.17. The molecule has 9 heteroatoms. The summed E-state index contributed by atoms with van der Waals surface area (Å²) in [4.78, 5) is 36.1. The van der Waals surface area contributed by atoms with Gasteiger partial charge in [-0.25, -0.2) is 14.4 Å². The number of hydrogen-bond donors (Lipinski definition) is 2. The van der Waals surface area contributed by atoms with Crippen molar-refractivity contribution < 1.29 is 14.0 Å². The minimum absolute atomic E-state index is 0. The number of Topliss-reactive ketones (excluding diaryl/α,β-unsaturated/α-hetero) is 2. The molecule has 0 bridgehead atoms.